The summed E-state index contributed by atoms with van der Waals surface area (Å²) < 4.78 is 0. The van der Waals surface area contributed by atoms with E-state index in [1.54, 1.807) is 0 Å². The molecule has 2 rings (SSSR count). The van der Waals surface area contributed by atoms with Crippen molar-refractivity contribution in [2.75, 3.05) is 13.1 Å². The number of nitrogens with zero attached hydrogens (tertiary/aromatic N) is 1. The lowest BCUT2D eigenvalue weighted by Crippen LogP contribution is -2.50. The van der Waals surface area contributed by atoms with Gasteiger partial charge in [-0.25, -0.2) is 4.79 Å². The van der Waals surface area contributed by atoms with Gasteiger partial charge in [-0.1, -0.05) is 6.42 Å². The summed E-state index contributed by atoms with van der Waals surface area (Å²) in [7, 11) is 0. The number of hydrogen-bond acceptors (Lipinski definition) is 2. The van der Waals surface area contributed by atoms with Crippen LogP contribution >= 0.6 is 0 Å². The number of likely N-dealkylation sites (tertiary alicyclic amines) is 1. The molecule has 19 heavy (non-hydrogen) atoms. The van der Waals surface area contributed by atoms with Crippen molar-refractivity contribution in [3.05, 3.63) is 0 Å². The molecule has 2 N–H and O–H groups in total. The maximum absolute atomic E-state index is 12.1. The standard InChI is InChI=1S/C14H25N3O2/c1-14(2,3)16-13(19)15-11-7-8-17(9-11)12(18)10-5-4-6-10/h10-11H,4-9H2,1-3H3,(H2,15,16,19)/t11-/m1/s1. The van der Waals surface area contributed by atoms with Gasteiger partial charge in [0.15, 0.2) is 0 Å². The molecule has 1 saturated heterocycles. The maximum Gasteiger partial charge on any atom is 0.315 e. The largest absolute Gasteiger partial charge is 0.340 e. The number of rotatable bonds is 2. The van der Waals surface area contributed by atoms with Crippen molar-refractivity contribution in [2.24, 2.45) is 5.92 Å². The molecule has 2 aliphatic rings. The molecule has 3 amide bonds. The summed E-state index contributed by atoms with van der Waals surface area (Å²) in [5, 5.41) is 5.83. The fourth-order valence-corrected chi connectivity index (χ4v) is 2.55. The number of carbonyl (C=O) groups is 2. The fraction of sp³-hybridized carbons (Fsp3) is 0.857. The van der Waals surface area contributed by atoms with Crippen LogP contribution in [0.15, 0.2) is 0 Å². The van der Waals surface area contributed by atoms with Gasteiger partial charge in [0.05, 0.1) is 0 Å². The molecule has 1 aliphatic carbocycles. The van der Waals surface area contributed by atoms with Gasteiger partial charge in [-0.2, -0.15) is 0 Å². The molecular weight excluding hydrogens is 242 g/mol. The first kappa shape index (κ1) is 14.2. The molecule has 0 unspecified atom stereocenters. The van der Waals surface area contributed by atoms with Gasteiger partial charge in [0.2, 0.25) is 5.91 Å². The average Bonchev–Trinajstić information content (AvgIpc) is 2.59. The van der Waals surface area contributed by atoms with Gasteiger partial charge in [0, 0.05) is 30.6 Å². The Kier molecular flexibility index (Phi) is 4.02. The number of urea groups is 1. The average molecular weight is 267 g/mol. The second-order valence-electron chi connectivity index (χ2n) is 6.75. The summed E-state index contributed by atoms with van der Waals surface area (Å²) in [6.07, 6.45) is 4.12. The van der Waals surface area contributed by atoms with E-state index in [1.807, 2.05) is 25.7 Å². The second-order valence-corrected chi connectivity index (χ2v) is 6.75. The van der Waals surface area contributed by atoms with E-state index in [4.69, 9.17) is 0 Å². The molecule has 108 valence electrons. The van der Waals surface area contributed by atoms with Crippen molar-refractivity contribution in [1.29, 1.82) is 0 Å². The lowest BCUT2D eigenvalue weighted by atomic mass is 9.84. The van der Waals surface area contributed by atoms with Crippen LogP contribution in [-0.2, 0) is 4.79 Å². The van der Waals surface area contributed by atoms with Gasteiger partial charge in [-0.05, 0) is 40.0 Å². The lowest BCUT2D eigenvalue weighted by molar-refractivity contribution is -0.137. The number of nitrogens with one attached hydrogen (secondary N) is 2. The Morgan fingerprint density at radius 2 is 1.84 bits per heavy atom. The van der Waals surface area contributed by atoms with Gasteiger partial charge < -0.3 is 15.5 Å². The van der Waals surface area contributed by atoms with E-state index < -0.39 is 0 Å². The van der Waals surface area contributed by atoms with E-state index in [1.165, 1.54) is 6.42 Å². The second kappa shape index (κ2) is 5.39. The third-order valence-corrected chi connectivity index (χ3v) is 3.78. The van der Waals surface area contributed by atoms with Crippen LogP contribution in [0.3, 0.4) is 0 Å². The highest BCUT2D eigenvalue weighted by atomic mass is 16.2. The Hall–Kier alpha value is -1.26. The zero-order chi connectivity index (χ0) is 14.0. The summed E-state index contributed by atoms with van der Waals surface area (Å²) in [6.45, 7) is 7.29. The van der Waals surface area contributed by atoms with E-state index in [2.05, 4.69) is 10.6 Å². The predicted molar refractivity (Wildman–Crippen MR) is 73.7 cm³/mol. The summed E-state index contributed by atoms with van der Waals surface area (Å²) >= 11 is 0. The Labute approximate surface area is 115 Å². The predicted octanol–water partition coefficient (Wildman–Crippen LogP) is 1.49. The first-order valence-electron chi connectivity index (χ1n) is 7.22. The van der Waals surface area contributed by atoms with Crippen LogP contribution in [-0.4, -0.2) is 41.5 Å². The van der Waals surface area contributed by atoms with Crippen molar-refractivity contribution < 1.29 is 9.59 Å². The lowest BCUT2D eigenvalue weighted by Gasteiger charge is -2.29. The van der Waals surface area contributed by atoms with Crippen molar-refractivity contribution >= 4 is 11.9 Å². The normalized spacial score (nSPS) is 23.9. The molecule has 1 atom stereocenters. The molecule has 1 aliphatic heterocycles. The number of carbonyl (C=O) groups excluding carboxylic acids is 2. The highest BCUT2D eigenvalue weighted by molar-refractivity contribution is 5.80. The monoisotopic (exact) mass is 267 g/mol. The van der Waals surface area contributed by atoms with Gasteiger partial charge in [0.25, 0.3) is 0 Å². The molecule has 1 heterocycles. The van der Waals surface area contributed by atoms with Crippen LogP contribution in [0.4, 0.5) is 4.79 Å². The minimum atomic E-state index is -0.232. The quantitative estimate of drug-likeness (QED) is 0.796. The zero-order valence-corrected chi connectivity index (χ0v) is 12.2. The Balaban J connectivity index is 1.75. The fourth-order valence-electron chi connectivity index (χ4n) is 2.55. The van der Waals surface area contributed by atoms with Crippen LogP contribution < -0.4 is 10.6 Å². The van der Waals surface area contributed by atoms with E-state index in [0.29, 0.717) is 6.54 Å². The Bertz CT molecular complexity index is 358. The third-order valence-electron chi connectivity index (χ3n) is 3.78. The van der Waals surface area contributed by atoms with E-state index >= 15 is 0 Å². The van der Waals surface area contributed by atoms with E-state index in [0.717, 1.165) is 25.8 Å². The smallest absolute Gasteiger partial charge is 0.315 e. The van der Waals surface area contributed by atoms with Crippen LogP contribution in [0.2, 0.25) is 0 Å². The van der Waals surface area contributed by atoms with Crippen molar-refractivity contribution in [1.82, 2.24) is 15.5 Å². The first-order chi connectivity index (χ1) is 8.85. The van der Waals surface area contributed by atoms with Crippen molar-refractivity contribution in [2.45, 2.75) is 58.0 Å². The molecule has 2 fully saturated rings. The van der Waals surface area contributed by atoms with Crippen LogP contribution in [0, 0.1) is 5.92 Å². The van der Waals surface area contributed by atoms with Crippen molar-refractivity contribution in [3.8, 4) is 0 Å². The van der Waals surface area contributed by atoms with Crippen LogP contribution in [0.1, 0.15) is 46.5 Å². The third kappa shape index (κ3) is 3.85. The summed E-state index contributed by atoms with van der Waals surface area (Å²) in [5.74, 6) is 0.536. The van der Waals surface area contributed by atoms with E-state index in [-0.39, 0.29) is 29.4 Å². The van der Waals surface area contributed by atoms with Crippen molar-refractivity contribution in [3.63, 3.8) is 0 Å². The van der Waals surface area contributed by atoms with Gasteiger partial charge in [-0.15, -0.1) is 0 Å². The maximum atomic E-state index is 12.1. The molecule has 5 nitrogen and oxygen atoms in total. The molecule has 5 heteroatoms. The zero-order valence-electron chi connectivity index (χ0n) is 12.2. The summed E-state index contributed by atoms with van der Waals surface area (Å²) in [4.78, 5) is 25.8. The Morgan fingerprint density at radius 3 is 2.37 bits per heavy atom. The topological polar surface area (TPSA) is 61.4 Å². The molecule has 0 spiro atoms. The first-order valence-corrected chi connectivity index (χ1v) is 7.22. The molecule has 0 aromatic carbocycles. The van der Waals surface area contributed by atoms with Gasteiger partial charge >= 0.3 is 6.03 Å². The molecule has 0 bridgehead atoms. The minimum absolute atomic E-state index is 0.0892. The molecular formula is C14H25N3O2. The van der Waals surface area contributed by atoms with Gasteiger partial charge in [0.1, 0.15) is 0 Å². The Morgan fingerprint density at radius 1 is 1.16 bits per heavy atom. The molecule has 1 saturated carbocycles. The van der Waals surface area contributed by atoms with Crippen LogP contribution in [0.25, 0.3) is 0 Å². The van der Waals surface area contributed by atoms with E-state index in [9.17, 15) is 9.59 Å². The number of hydrogen-bond donors (Lipinski definition) is 2. The highest BCUT2D eigenvalue weighted by Crippen LogP contribution is 2.29. The molecule has 0 radical (unpaired) electrons. The highest BCUT2D eigenvalue weighted by Gasteiger charge is 2.34. The molecule has 0 aromatic heterocycles. The SMILES string of the molecule is CC(C)(C)NC(=O)N[C@@H]1CCN(C(=O)C2CCC2)C1. The molecule has 0 aromatic rings. The summed E-state index contributed by atoms with van der Waals surface area (Å²) in [5.41, 5.74) is -0.232. The number of amides is 3. The van der Waals surface area contributed by atoms with Crippen LogP contribution in [0.5, 0.6) is 0 Å². The van der Waals surface area contributed by atoms with Gasteiger partial charge in [-0.3, -0.25) is 4.79 Å². The minimum Gasteiger partial charge on any atom is -0.340 e. The summed E-state index contributed by atoms with van der Waals surface area (Å²) in [6, 6.07) is -0.0539.